The van der Waals surface area contributed by atoms with Gasteiger partial charge in [0.25, 0.3) is 0 Å². The number of nitrogens with two attached hydrogens (primary N) is 1. The van der Waals surface area contributed by atoms with Gasteiger partial charge in [0.15, 0.2) is 5.65 Å². The molecule has 1 unspecified atom stereocenters. The summed E-state index contributed by atoms with van der Waals surface area (Å²) in [6.07, 6.45) is 1.72. The molecule has 0 amide bonds. The fourth-order valence-corrected chi connectivity index (χ4v) is 3.03. The van der Waals surface area contributed by atoms with E-state index in [9.17, 15) is 0 Å². The van der Waals surface area contributed by atoms with E-state index in [2.05, 4.69) is 26.8 Å². The van der Waals surface area contributed by atoms with Crippen LogP contribution in [0, 0.1) is 6.92 Å². The lowest BCUT2D eigenvalue weighted by Crippen LogP contribution is -2.44. The van der Waals surface area contributed by atoms with Crippen LogP contribution in [0.15, 0.2) is 24.4 Å². The second-order valence-corrected chi connectivity index (χ2v) is 5.91. The van der Waals surface area contributed by atoms with Crippen LogP contribution in [0.2, 0.25) is 0 Å². The molecule has 3 aromatic rings. The molecule has 124 valence electrons. The Balaban J connectivity index is 1.85. The molecule has 24 heavy (non-hydrogen) atoms. The van der Waals surface area contributed by atoms with Gasteiger partial charge in [0, 0.05) is 18.8 Å². The van der Waals surface area contributed by atoms with Gasteiger partial charge < -0.3 is 15.4 Å². The maximum atomic E-state index is 6.05. The third kappa shape index (κ3) is 2.44. The molecule has 1 aliphatic rings. The molecule has 1 atom stereocenters. The molecule has 4 rings (SSSR count). The Hall–Kier alpha value is -2.74. The number of aryl methyl sites for hydroxylation is 1. The van der Waals surface area contributed by atoms with Crippen molar-refractivity contribution in [1.82, 2.24) is 24.5 Å². The van der Waals surface area contributed by atoms with Crippen molar-refractivity contribution in [2.75, 3.05) is 30.4 Å². The first-order chi connectivity index (χ1) is 11.6. The molecule has 0 radical (unpaired) electrons. The van der Waals surface area contributed by atoms with Gasteiger partial charge >= 0.3 is 0 Å². The number of anilines is 2. The molecule has 4 heterocycles. The Morgan fingerprint density at radius 2 is 2.17 bits per heavy atom. The van der Waals surface area contributed by atoms with E-state index in [-0.39, 0.29) is 6.04 Å². The summed E-state index contributed by atoms with van der Waals surface area (Å²) in [5.41, 5.74) is 7.58. The van der Waals surface area contributed by atoms with Crippen LogP contribution in [0.1, 0.15) is 12.7 Å². The molecule has 8 nitrogen and oxygen atoms in total. The van der Waals surface area contributed by atoms with Gasteiger partial charge in [0.2, 0.25) is 5.95 Å². The fraction of sp³-hybridized carbons (Fsp3) is 0.375. The van der Waals surface area contributed by atoms with E-state index in [1.165, 1.54) is 0 Å². The molecule has 1 aliphatic heterocycles. The minimum absolute atomic E-state index is 0.239. The number of pyridine rings is 1. The lowest BCUT2D eigenvalue weighted by atomic mass is 10.2. The average molecular weight is 325 g/mol. The molecular weight excluding hydrogens is 306 g/mol. The Kier molecular flexibility index (Phi) is 3.53. The first-order valence-electron chi connectivity index (χ1n) is 7.93. The zero-order chi connectivity index (χ0) is 16.7. The first kappa shape index (κ1) is 14.8. The lowest BCUT2D eigenvalue weighted by Gasteiger charge is -2.34. The second-order valence-electron chi connectivity index (χ2n) is 5.91. The first-order valence-corrected chi connectivity index (χ1v) is 7.93. The Bertz CT molecular complexity index is 891. The third-order valence-corrected chi connectivity index (χ3v) is 4.18. The van der Waals surface area contributed by atoms with Gasteiger partial charge in [-0.2, -0.15) is 9.97 Å². The summed E-state index contributed by atoms with van der Waals surface area (Å²) in [5, 5.41) is 0. The summed E-state index contributed by atoms with van der Waals surface area (Å²) >= 11 is 0. The highest BCUT2D eigenvalue weighted by molar-refractivity contribution is 5.73. The largest absolute Gasteiger partial charge is 0.383 e. The van der Waals surface area contributed by atoms with Crippen LogP contribution in [0.25, 0.3) is 17.1 Å². The number of nitrogens with zero attached hydrogens (tertiary/aromatic N) is 6. The number of nitrogen functional groups attached to an aromatic ring is 1. The predicted molar refractivity (Wildman–Crippen MR) is 91.2 cm³/mol. The maximum absolute atomic E-state index is 6.05. The molecule has 0 aliphatic carbocycles. The van der Waals surface area contributed by atoms with Crippen LogP contribution >= 0.6 is 0 Å². The Labute approximate surface area is 139 Å². The number of fused-ring (bicyclic) bond motifs is 1. The molecule has 3 aromatic heterocycles. The van der Waals surface area contributed by atoms with E-state index in [1.54, 1.807) is 12.3 Å². The van der Waals surface area contributed by atoms with E-state index in [0.717, 1.165) is 23.7 Å². The van der Waals surface area contributed by atoms with Crippen LogP contribution in [0.5, 0.6) is 0 Å². The number of hydrogen-bond donors (Lipinski definition) is 1. The minimum Gasteiger partial charge on any atom is -0.383 e. The van der Waals surface area contributed by atoms with Crippen LogP contribution in [-0.4, -0.2) is 50.3 Å². The molecule has 0 bridgehead atoms. The second kappa shape index (κ2) is 5.72. The van der Waals surface area contributed by atoms with E-state index >= 15 is 0 Å². The molecule has 2 N–H and O–H groups in total. The van der Waals surface area contributed by atoms with Gasteiger partial charge in [0.1, 0.15) is 17.5 Å². The molecule has 0 saturated carbocycles. The highest BCUT2D eigenvalue weighted by Gasteiger charge is 2.22. The number of morpholine rings is 1. The SMILES string of the molecule is Cc1nc2ncccc2n1-c1nc(N)cc(N2CCOCC2C)n1. The highest BCUT2D eigenvalue weighted by Crippen LogP contribution is 2.23. The zero-order valence-corrected chi connectivity index (χ0v) is 13.7. The van der Waals surface area contributed by atoms with Crippen LogP contribution < -0.4 is 10.6 Å². The summed E-state index contributed by atoms with van der Waals surface area (Å²) in [4.78, 5) is 20.1. The monoisotopic (exact) mass is 325 g/mol. The number of hydrogen-bond acceptors (Lipinski definition) is 7. The minimum atomic E-state index is 0.239. The number of rotatable bonds is 2. The van der Waals surface area contributed by atoms with Crippen molar-refractivity contribution in [3.8, 4) is 5.95 Å². The third-order valence-electron chi connectivity index (χ3n) is 4.18. The van der Waals surface area contributed by atoms with Crippen LogP contribution in [0.4, 0.5) is 11.6 Å². The van der Waals surface area contributed by atoms with E-state index in [1.807, 2.05) is 23.6 Å². The molecule has 1 saturated heterocycles. The highest BCUT2D eigenvalue weighted by atomic mass is 16.5. The number of ether oxygens (including phenoxy) is 1. The van der Waals surface area contributed by atoms with Gasteiger partial charge in [-0.1, -0.05) is 0 Å². The molecular formula is C16H19N7O. The smallest absolute Gasteiger partial charge is 0.239 e. The molecule has 0 spiro atoms. The quantitative estimate of drug-likeness (QED) is 0.759. The van der Waals surface area contributed by atoms with Crippen LogP contribution in [-0.2, 0) is 4.74 Å². The van der Waals surface area contributed by atoms with Crippen molar-refractivity contribution in [2.45, 2.75) is 19.9 Å². The van der Waals surface area contributed by atoms with Gasteiger partial charge in [-0.15, -0.1) is 0 Å². The zero-order valence-electron chi connectivity index (χ0n) is 13.7. The lowest BCUT2D eigenvalue weighted by molar-refractivity contribution is 0.0985. The standard InChI is InChI=1S/C16H19N7O/c1-10-9-24-7-6-22(10)14-8-13(17)20-16(21-14)23-11(2)19-15-12(23)4-3-5-18-15/h3-5,8,10H,6-7,9H2,1-2H3,(H2,17,20,21). The maximum Gasteiger partial charge on any atom is 0.239 e. The summed E-state index contributed by atoms with van der Waals surface area (Å²) in [5.74, 6) is 2.52. The van der Waals surface area contributed by atoms with Gasteiger partial charge in [-0.05, 0) is 26.0 Å². The van der Waals surface area contributed by atoms with Gasteiger partial charge in [0.05, 0.1) is 24.8 Å². The summed E-state index contributed by atoms with van der Waals surface area (Å²) in [6, 6.07) is 5.87. The van der Waals surface area contributed by atoms with Gasteiger partial charge in [-0.3, -0.25) is 4.57 Å². The fourth-order valence-electron chi connectivity index (χ4n) is 3.03. The molecule has 1 fully saturated rings. The Morgan fingerprint density at radius 3 is 3.00 bits per heavy atom. The van der Waals surface area contributed by atoms with E-state index in [0.29, 0.717) is 30.6 Å². The average Bonchev–Trinajstić information content (AvgIpc) is 2.90. The summed E-state index contributed by atoms with van der Waals surface area (Å²) in [7, 11) is 0. The van der Waals surface area contributed by atoms with Crippen molar-refractivity contribution in [2.24, 2.45) is 0 Å². The summed E-state index contributed by atoms with van der Waals surface area (Å²) in [6.45, 7) is 6.16. The van der Waals surface area contributed by atoms with Crippen LogP contribution in [0.3, 0.4) is 0 Å². The Morgan fingerprint density at radius 1 is 1.29 bits per heavy atom. The van der Waals surface area contributed by atoms with Crippen molar-refractivity contribution >= 4 is 22.8 Å². The van der Waals surface area contributed by atoms with Crippen molar-refractivity contribution in [3.63, 3.8) is 0 Å². The summed E-state index contributed by atoms with van der Waals surface area (Å²) < 4.78 is 7.39. The number of aromatic nitrogens is 5. The topological polar surface area (TPSA) is 95.0 Å². The number of imidazole rings is 1. The molecule has 8 heteroatoms. The van der Waals surface area contributed by atoms with Crippen molar-refractivity contribution < 1.29 is 4.74 Å². The predicted octanol–water partition coefficient (Wildman–Crippen LogP) is 1.33. The van der Waals surface area contributed by atoms with Crippen molar-refractivity contribution in [3.05, 3.63) is 30.2 Å². The van der Waals surface area contributed by atoms with E-state index < -0.39 is 0 Å². The normalized spacial score (nSPS) is 18.2. The van der Waals surface area contributed by atoms with Crippen molar-refractivity contribution in [1.29, 1.82) is 0 Å². The molecule has 0 aromatic carbocycles. The van der Waals surface area contributed by atoms with Gasteiger partial charge in [-0.25, -0.2) is 9.97 Å². The van der Waals surface area contributed by atoms with E-state index in [4.69, 9.17) is 15.5 Å².